The number of hydrogen-bond acceptors (Lipinski definition) is 4. The maximum atomic E-state index is 10.8. The molecule has 0 aliphatic carbocycles. The average molecular weight is 227 g/mol. The molecule has 1 aromatic carbocycles. The van der Waals surface area contributed by atoms with Gasteiger partial charge in [-0.05, 0) is 5.56 Å². The van der Waals surface area contributed by atoms with Gasteiger partial charge < -0.3 is 0 Å². The quantitative estimate of drug-likeness (QED) is 0.564. The maximum Gasteiger partial charge on any atom is 0.265 e. The summed E-state index contributed by atoms with van der Waals surface area (Å²) in [5.74, 6) is 0. The van der Waals surface area contributed by atoms with Crippen molar-refractivity contribution in [3.8, 4) is 0 Å². The van der Waals surface area contributed by atoms with E-state index in [2.05, 4.69) is 0 Å². The summed E-state index contributed by atoms with van der Waals surface area (Å²) in [5.41, 5.74) is 1.16. The Hall–Kier alpha value is -0.910. The van der Waals surface area contributed by atoms with E-state index in [0.717, 1.165) is 18.4 Å². The first-order valence-corrected chi connectivity index (χ1v) is 6.52. The van der Waals surface area contributed by atoms with E-state index in [1.54, 1.807) is 0 Å². The zero-order valence-electron chi connectivity index (χ0n) is 8.46. The molecule has 1 heterocycles. The van der Waals surface area contributed by atoms with Gasteiger partial charge in [0, 0.05) is 13.1 Å². The van der Waals surface area contributed by atoms with E-state index >= 15 is 0 Å². The minimum atomic E-state index is -3.33. The van der Waals surface area contributed by atoms with Gasteiger partial charge in [0.05, 0.1) is 6.26 Å². The van der Waals surface area contributed by atoms with Crippen LogP contribution in [-0.4, -0.2) is 32.3 Å². The van der Waals surface area contributed by atoms with Crippen molar-refractivity contribution in [3.05, 3.63) is 35.9 Å². The standard InChI is InChI=1S/C10H13NO3S/c1-15(12,13)14-10-8-11(10)7-9-5-3-2-4-6-9/h2-6,10H,7-8H2,1H3. The fraction of sp³-hybridized carbons (Fsp3) is 0.400. The largest absolute Gasteiger partial charge is 0.268 e. The highest BCUT2D eigenvalue weighted by atomic mass is 32.2. The molecule has 0 saturated carbocycles. The van der Waals surface area contributed by atoms with E-state index < -0.39 is 10.1 Å². The van der Waals surface area contributed by atoms with Crippen molar-refractivity contribution >= 4 is 10.1 Å². The molecular weight excluding hydrogens is 214 g/mol. The molecule has 1 aliphatic heterocycles. The van der Waals surface area contributed by atoms with Gasteiger partial charge in [0.2, 0.25) is 0 Å². The van der Waals surface area contributed by atoms with Crippen molar-refractivity contribution < 1.29 is 12.6 Å². The van der Waals surface area contributed by atoms with E-state index in [1.807, 2.05) is 35.2 Å². The predicted octanol–water partition coefficient (Wildman–Crippen LogP) is 0.804. The lowest BCUT2D eigenvalue weighted by Crippen LogP contribution is -2.10. The third kappa shape index (κ3) is 3.30. The smallest absolute Gasteiger partial charge is 0.265 e. The Morgan fingerprint density at radius 2 is 2.07 bits per heavy atom. The normalized spacial score (nSPS) is 25.1. The molecule has 0 aromatic heterocycles. The van der Waals surface area contributed by atoms with Gasteiger partial charge in [0.1, 0.15) is 6.23 Å². The summed E-state index contributed by atoms with van der Waals surface area (Å²) in [6, 6.07) is 9.90. The Morgan fingerprint density at radius 1 is 1.40 bits per heavy atom. The summed E-state index contributed by atoms with van der Waals surface area (Å²) >= 11 is 0. The molecule has 5 heteroatoms. The maximum absolute atomic E-state index is 10.8. The van der Waals surface area contributed by atoms with E-state index in [9.17, 15) is 8.42 Å². The molecule has 0 amide bonds. The molecule has 1 fully saturated rings. The summed E-state index contributed by atoms with van der Waals surface area (Å²) < 4.78 is 26.5. The molecule has 2 atom stereocenters. The predicted molar refractivity (Wildman–Crippen MR) is 56.6 cm³/mol. The van der Waals surface area contributed by atoms with Crippen molar-refractivity contribution in [2.75, 3.05) is 12.8 Å². The summed E-state index contributed by atoms with van der Waals surface area (Å²) in [7, 11) is -3.33. The van der Waals surface area contributed by atoms with Crippen LogP contribution in [0, 0.1) is 0 Å². The van der Waals surface area contributed by atoms with Crippen LogP contribution in [0.3, 0.4) is 0 Å². The fourth-order valence-corrected chi connectivity index (χ4v) is 2.02. The van der Waals surface area contributed by atoms with Crippen LogP contribution in [0.4, 0.5) is 0 Å². The highest BCUT2D eigenvalue weighted by molar-refractivity contribution is 7.86. The van der Waals surface area contributed by atoms with Gasteiger partial charge >= 0.3 is 0 Å². The molecule has 0 bridgehead atoms. The number of benzene rings is 1. The summed E-state index contributed by atoms with van der Waals surface area (Å²) in [4.78, 5) is 1.95. The highest BCUT2D eigenvalue weighted by Crippen LogP contribution is 2.23. The third-order valence-corrected chi connectivity index (χ3v) is 2.75. The molecule has 1 aliphatic rings. The van der Waals surface area contributed by atoms with Crippen molar-refractivity contribution in [1.82, 2.24) is 4.90 Å². The van der Waals surface area contributed by atoms with Crippen LogP contribution in [0.15, 0.2) is 30.3 Å². The number of hydrogen-bond donors (Lipinski definition) is 0. The topological polar surface area (TPSA) is 46.4 Å². The third-order valence-electron chi connectivity index (χ3n) is 2.18. The van der Waals surface area contributed by atoms with Crippen LogP contribution in [-0.2, 0) is 20.8 Å². The van der Waals surface area contributed by atoms with Crippen molar-refractivity contribution in [2.45, 2.75) is 12.8 Å². The molecule has 0 N–H and O–H groups in total. The molecule has 4 nitrogen and oxygen atoms in total. The SMILES string of the molecule is CS(=O)(=O)OC1CN1Cc1ccccc1. The second kappa shape index (κ2) is 3.92. The summed E-state index contributed by atoms with van der Waals surface area (Å²) in [6.45, 7) is 1.42. The zero-order chi connectivity index (χ0) is 10.9. The van der Waals surface area contributed by atoms with Crippen LogP contribution < -0.4 is 0 Å². The molecule has 1 saturated heterocycles. The van der Waals surface area contributed by atoms with Crippen molar-refractivity contribution in [2.24, 2.45) is 0 Å². The monoisotopic (exact) mass is 227 g/mol. The molecule has 2 rings (SSSR count). The Morgan fingerprint density at radius 3 is 2.67 bits per heavy atom. The molecule has 0 radical (unpaired) electrons. The number of rotatable bonds is 4. The van der Waals surface area contributed by atoms with E-state index in [4.69, 9.17) is 4.18 Å². The first kappa shape index (κ1) is 10.6. The molecular formula is C10H13NO3S. The van der Waals surface area contributed by atoms with Gasteiger partial charge in [-0.2, -0.15) is 8.42 Å². The lowest BCUT2D eigenvalue weighted by Gasteiger charge is -2.03. The lowest BCUT2D eigenvalue weighted by molar-refractivity contribution is 0.239. The van der Waals surface area contributed by atoms with Crippen molar-refractivity contribution in [1.29, 1.82) is 0 Å². The Bertz CT molecular complexity index is 429. The van der Waals surface area contributed by atoms with E-state index in [0.29, 0.717) is 6.54 Å². The fourth-order valence-electron chi connectivity index (χ4n) is 1.43. The molecule has 2 unspecified atom stereocenters. The average Bonchev–Trinajstić information content (AvgIpc) is 2.82. The zero-order valence-corrected chi connectivity index (χ0v) is 9.28. The van der Waals surface area contributed by atoms with Crippen LogP contribution in [0.25, 0.3) is 0 Å². The molecule has 15 heavy (non-hydrogen) atoms. The van der Waals surface area contributed by atoms with Gasteiger partial charge in [-0.15, -0.1) is 0 Å². The van der Waals surface area contributed by atoms with Gasteiger partial charge in [0.25, 0.3) is 10.1 Å². The van der Waals surface area contributed by atoms with Gasteiger partial charge in [0.15, 0.2) is 0 Å². The van der Waals surface area contributed by atoms with Crippen LogP contribution in [0.5, 0.6) is 0 Å². The lowest BCUT2D eigenvalue weighted by atomic mass is 10.2. The highest BCUT2D eigenvalue weighted by Gasteiger charge is 2.37. The van der Waals surface area contributed by atoms with Crippen LogP contribution in [0.2, 0.25) is 0 Å². The van der Waals surface area contributed by atoms with Crippen LogP contribution >= 0.6 is 0 Å². The Balaban J connectivity index is 1.86. The Labute approximate surface area is 89.6 Å². The minimum absolute atomic E-state index is 0.264. The van der Waals surface area contributed by atoms with Gasteiger partial charge in [-0.1, -0.05) is 30.3 Å². The minimum Gasteiger partial charge on any atom is -0.268 e. The second-order valence-electron chi connectivity index (χ2n) is 3.67. The molecule has 0 spiro atoms. The number of nitrogens with zero attached hydrogens (tertiary/aromatic N) is 1. The first-order valence-electron chi connectivity index (χ1n) is 4.71. The van der Waals surface area contributed by atoms with Gasteiger partial charge in [-0.3, -0.25) is 4.90 Å². The Kier molecular flexibility index (Phi) is 2.77. The van der Waals surface area contributed by atoms with E-state index in [1.165, 1.54) is 0 Å². The molecule has 82 valence electrons. The molecule has 1 aromatic rings. The van der Waals surface area contributed by atoms with Crippen LogP contribution in [0.1, 0.15) is 5.56 Å². The van der Waals surface area contributed by atoms with Gasteiger partial charge in [-0.25, -0.2) is 4.18 Å². The first-order chi connectivity index (χ1) is 7.04. The summed E-state index contributed by atoms with van der Waals surface area (Å²) in [6.07, 6.45) is 0.812. The van der Waals surface area contributed by atoms with E-state index in [-0.39, 0.29) is 6.23 Å². The summed E-state index contributed by atoms with van der Waals surface area (Å²) in [5, 5.41) is 0. The van der Waals surface area contributed by atoms with Crippen molar-refractivity contribution in [3.63, 3.8) is 0 Å². The second-order valence-corrected chi connectivity index (χ2v) is 5.27.